The Kier molecular flexibility index (Phi) is 6.58. The molecule has 1 aliphatic rings. The monoisotopic (exact) mass is 441 g/mol. The van der Waals surface area contributed by atoms with Gasteiger partial charge in [0.2, 0.25) is 5.91 Å². The third-order valence-corrected chi connectivity index (χ3v) is 5.66. The number of morpholine rings is 1. The Morgan fingerprint density at radius 1 is 1.26 bits per heavy atom. The van der Waals surface area contributed by atoms with Crippen LogP contribution in [-0.4, -0.2) is 48.1 Å². The molecule has 0 radical (unpaired) electrons. The maximum Gasteiger partial charge on any atom is 0.260 e. The zero-order valence-electron chi connectivity index (χ0n) is 17.1. The van der Waals surface area contributed by atoms with E-state index < -0.39 is 0 Å². The number of carbonyl (C=O) groups is 2. The second kappa shape index (κ2) is 9.71. The zero-order valence-corrected chi connectivity index (χ0v) is 17.9. The van der Waals surface area contributed by atoms with Crippen LogP contribution >= 0.6 is 11.3 Å². The molecule has 1 saturated heterocycles. The Labute approximate surface area is 183 Å². The van der Waals surface area contributed by atoms with E-state index in [4.69, 9.17) is 9.15 Å². The van der Waals surface area contributed by atoms with Crippen LogP contribution in [0.2, 0.25) is 0 Å². The summed E-state index contributed by atoms with van der Waals surface area (Å²) in [5.41, 5.74) is 2.04. The van der Waals surface area contributed by atoms with Gasteiger partial charge in [-0.3, -0.25) is 14.9 Å². The molecule has 1 aliphatic heterocycles. The highest BCUT2D eigenvalue weighted by molar-refractivity contribution is 7.14. The van der Waals surface area contributed by atoms with E-state index in [1.54, 1.807) is 24.6 Å². The van der Waals surface area contributed by atoms with Crippen LogP contribution in [0.25, 0.3) is 0 Å². The molecule has 0 saturated carbocycles. The summed E-state index contributed by atoms with van der Waals surface area (Å²) in [5, 5.41) is 7.85. The molecule has 10 heteroatoms. The number of carbonyl (C=O) groups excluding carboxylic acids is 2. The number of thiazole rings is 1. The van der Waals surface area contributed by atoms with Gasteiger partial charge in [0.1, 0.15) is 11.6 Å². The Morgan fingerprint density at radius 2 is 2.10 bits per heavy atom. The smallest absolute Gasteiger partial charge is 0.260 e. The van der Waals surface area contributed by atoms with Crippen molar-refractivity contribution in [2.24, 2.45) is 0 Å². The molecule has 3 aromatic heterocycles. The summed E-state index contributed by atoms with van der Waals surface area (Å²) in [6.07, 6.45) is 3.36. The molecule has 2 N–H and O–H groups in total. The molecular weight excluding hydrogens is 418 g/mol. The number of hydrogen-bond donors (Lipinski definition) is 2. The summed E-state index contributed by atoms with van der Waals surface area (Å²) in [6, 6.07) is 5.48. The van der Waals surface area contributed by atoms with E-state index in [9.17, 15) is 9.59 Å². The lowest BCUT2D eigenvalue weighted by Crippen LogP contribution is -2.36. The number of pyridine rings is 1. The van der Waals surface area contributed by atoms with E-state index in [0.717, 1.165) is 24.5 Å². The number of amides is 2. The number of aryl methyl sites for hydroxylation is 1. The lowest BCUT2D eigenvalue weighted by Gasteiger charge is -2.28. The maximum absolute atomic E-state index is 12.3. The maximum atomic E-state index is 12.3. The molecule has 162 valence electrons. The lowest BCUT2D eigenvalue weighted by molar-refractivity contribution is -0.120. The summed E-state index contributed by atoms with van der Waals surface area (Å²) < 4.78 is 10.5. The molecule has 0 aromatic carbocycles. The van der Waals surface area contributed by atoms with Gasteiger partial charge >= 0.3 is 0 Å². The van der Waals surface area contributed by atoms with Crippen LogP contribution in [0.4, 0.5) is 10.9 Å². The van der Waals surface area contributed by atoms with Crippen molar-refractivity contribution >= 4 is 34.1 Å². The summed E-state index contributed by atoms with van der Waals surface area (Å²) in [7, 11) is 0. The van der Waals surface area contributed by atoms with E-state index in [1.807, 2.05) is 12.1 Å². The molecule has 4 heterocycles. The highest BCUT2D eigenvalue weighted by atomic mass is 32.1. The van der Waals surface area contributed by atoms with Crippen LogP contribution in [-0.2, 0) is 22.5 Å². The molecule has 0 unspecified atom stereocenters. The first kappa shape index (κ1) is 21.0. The van der Waals surface area contributed by atoms with E-state index in [0.29, 0.717) is 41.9 Å². The van der Waals surface area contributed by atoms with Gasteiger partial charge in [-0.25, -0.2) is 9.97 Å². The quantitative estimate of drug-likeness (QED) is 0.579. The van der Waals surface area contributed by atoms with Gasteiger partial charge < -0.3 is 19.4 Å². The number of nitrogens with one attached hydrogen (secondary N) is 2. The number of aromatic nitrogens is 2. The Morgan fingerprint density at radius 3 is 2.87 bits per heavy atom. The number of ether oxygens (including phenoxy) is 1. The molecule has 31 heavy (non-hydrogen) atoms. The molecular formula is C21H23N5O4S. The minimum Gasteiger partial charge on any atom is -0.469 e. The number of nitrogens with zero attached hydrogens (tertiary/aromatic N) is 3. The van der Waals surface area contributed by atoms with Crippen molar-refractivity contribution in [1.82, 2.24) is 15.3 Å². The third-order valence-electron chi connectivity index (χ3n) is 4.85. The van der Waals surface area contributed by atoms with Gasteiger partial charge in [-0.05, 0) is 30.7 Å². The van der Waals surface area contributed by atoms with Gasteiger partial charge in [0.05, 0.1) is 37.2 Å². The normalized spacial score (nSPS) is 13.8. The van der Waals surface area contributed by atoms with Gasteiger partial charge in [-0.2, -0.15) is 0 Å². The Balaban J connectivity index is 1.28. The molecule has 1 fully saturated rings. The van der Waals surface area contributed by atoms with Crippen molar-refractivity contribution in [1.29, 1.82) is 0 Å². The minimum atomic E-state index is -0.287. The summed E-state index contributed by atoms with van der Waals surface area (Å²) in [5.74, 6) is 1.01. The predicted molar refractivity (Wildman–Crippen MR) is 116 cm³/mol. The predicted octanol–water partition coefficient (Wildman–Crippen LogP) is 2.39. The number of furan rings is 1. The van der Waals surface area contributed by atoms with E-state index in [2.05, 4.69) is 25.5 Å². The third kappa shape index (κ3) is 5.47. The number of rotatable bonds is 7. The molecule has 0 spiro atoms. The van der Waals surface area contributed by atoms with Crippen molar-refractivity contribution in [3.05, 3.63) is 58.6 Å². The van der Waals surface area contributed by atoms with Crippen LogP contribution in [0.3, 0.4) is 0 Å². The molecule has 9 nitrogen and oxygen atoms in total. The van der Waals surface area contributed by atoms with Gasteiger partial charge in [0.25, 0.3) is 5.91 Å². The number of hydrogen-bond acceptors (Lipinski definition) is 8. The second-order valence-corrected chi connectivity index (χ2v) is 7.92. The van der Waals surface area contributed by atoms with E-state index >= 15 is 0 Å². The molecule has 0 aliphatic carbocycles. The highest BCUT2D eigenvalue weighted by Crippen LogP contribution is 2.19. The number of anilines is 2. The molecule has 4 rings (SSSR count). The van der Waals surface area contributed by atoms with Crippen LogP contribution < -0.4 is 15.5 Å². The fourth-order valence-electron chi connectivity index (χ4n) is 3.19. The van der Waals surface area contributed by atoms with Crippen LogP contribution in [0.5, 0.6) is 0 Å². The minimum absolute atomic E-state index is 0.137. The largest absolute Gasteiger partial charge is 0.469 e. The Hall–Kier alpha value is -3.24. The molecule has 3 aromatic rings. The molecule has 0 atom stereocenters. The van der Waals surface area contributed by atoms with Gasteiger partial charge in [0, 0.05) is 31.2 Å². The van der Waals surface area contributed by atoms with Crippen molar-refractivity contribution in [3.63, 3.8) is 0 Å². The zero-order chi connectivity index (χ0) is 21.6. The Bertz CT molecular complexity index is 1060. The molecule has 0 bridgehead atoms. The first-order chi connectivity index (χ1) is 15.1. The summed E-state index contributed by atoms with van der Waals surface area (Å²) in [6.45, 7) is 5.14. The van der Waals surface area contributed by atoms with Crippen LogP contribution in [0.1, 0.15) is 27.4 Å². The topological polar surface area (TPSA) is 110 Å². The van der Waals surface area contributed by atoms with E-state index in [-0.39, 0.29) is 18.2 Å². The summed E-state index contributed by atoms with van der Waals surface area (Å²) in [4.78, 5) is 35.5. The fraction of sp³-hybridized carbons (Fsp3) is 0.333. The SMILES string of the molecule is Cc1occc1C(=O)Nc1nc(CC(=O)NCc2ccnc(N3CCOCC3)c2)cs1. The fourth-order valence-corrected chi connectivity index (χ4v) is 3.90. The average molecular weight is 442 g/mol. The van der Waals surface area contributed by atoms with Crippen molar-refractivity contribution in [2.45, 2.75) is 19.9 Å². The second-order valence-electron chi connectivity index (χ2n) is 7.06. The first-order valence-corrected chi connectivity index (χ1v) is 10.8. The van der Waals surface area contributed by atoms with Crippen molar-refractivity contribution in [2.75, 3.05) is 36.5 Å². The lowest BCUT2D eigenvalue weighted by atomic mass is 10.2. The van der Waals surface area contributed by atoms with Gasteiger partial charge in [0.15, 0.2) is 5.13 Å². The van der Waals surface area contributed by atoms with Gasteiger partial charge in [-0.15, -0.1) is 11.3 Å². The van der Waals surface area contributed by atoms with Crippen LogP contribution in [0, 0.1) is 6.92 Å². The van der Waals surface area contributed by atoms with Crippen molar-refractivity contribution < 1.29 is 18.7 Å². The van der Waals surface area contributed by atoms with Gasteiger partial charge in [-0.1, -0.05) is 0 Å². The van der Waals surface area contributed by atoms with E-state index in [1.165, 1.54) is 17.6 Å². The summed E-state index contributed by atoms with van der Waals surface area (Å²) >= 11 is 1.28. The van der Waals surface area contributed by atoms with Crippen molar-refractivity contribution in [3.8, 4) is 0 Å². The standard InChI is InChI=1S/C21H23N5O4S/c1-14-17(3-7-30-14)20(28)25-21-24-16(13-31-21)11-19(27)23-12-15-2-4-22-18(10-15)26-5-8-29-9-6-26/h2-4,7,10,13H,5-6,8-9,11-12H2,1H3,(H,23,27)(H,24,25,28). The molecule has 2 amide bonds. The first-order valence-electron chi connectivity index (χ1n) is 9.92. The average Bonchev–Trinajstić information content (AvgIpc) is 3.41. The highest BCUT2D eigenvalue weighted by Gasteiger charge is 2.15. The van der Waals surface area contributed by atoms with Crippen LogP contribution in [0.15, 0.2) is 40.5 Å².